The summed E-state index contributed by atoms with van der Waals surface area (Å²) in [5.74, 6) is -0.146. The second-order valence-electron chi connectivity index (χ2n) is 8.08. The smallest absolute Gasteiger partial charge is 0.413 e. The molecule has 1 aliphatic heterocycles. The lowest BCUT2D eigenvalue weighted by molar-refractivity contribution is 0.0358. The van der Waals surface area contributed by atoms with Crippen LogP contribution in [-0.4, -0.2) is 41.5 Å². The number of nitrogens with one attached hydrogen (secondary N) is 2. The molecular formula is C21H26BN3O4. The average molecular weight is 395 g/mol. The van der Waals surface area contributed by atoms with Crippen LogP contribution in [0.3, 0.4) is 0 Å². The lowest BCUT2D eigenvalue weighted by Crippen LogP contribution is -2.56. The Hall–Kier alpha value is -2.84. The molecule has 0 fully saturated rings. The number of rotatable bonds is 3. The van der Waals surface area contributed by atoms with E-state index < -0.39 is 18.5 Å². The number of carbonyl (C=O) groups excluding carboxylic acids is 2. The zero-order valence-electron chi connectivity index (χ0n) is 17.4. The number of hydrogen-bond donors (Lipinski definition) is 3. The Bertz CT molecular complexity index is 955. The highest BCUT2D eigenvalue weighted by atomic mass is 16.5. The van der Waals surface area contributed by atoms with Gasteiger partial charge in [-0.25, -0.2) is 5.01 Å². The summed E-state index contributed by atoms with van der Waals surface area (Å²) < 4.78 is 5.29. The Morgan fingerprint density at radius 2 is 1.97 bits per heavy atom. The first-order valence-electron chi connectivity index (χ1n) is 9.47. The highest BCUT2D eigenvalue weighted by Gasteiger charge is 2.32. The molecule has 0 aliphatic carbocycles. The normalized spacial score (nSPS) is 13.1. The molecule has 0 saturated heterocycles. The first-order valence-corrected chi connectivity index (χ1v) is 9.47. The molecule has 0 spiro atoms. The van der Waals surface area contributed by atoms with Crippen LogP contribution in [0.4, 0.5) is 0 Å². The van der Waals surface area contributed by atoms with Crippen molar-refractivity contribution in [2.24, 2.45) is 0 Å². The number of hydrogen-bond acceptors (Lipinski definition) is 5. The van der Waals surface area contributed by atoms with E-state index in [0.29, 0.717) is 34.4 Å². The molecule has 0 aromatic heterocycles. The summed E-state index contributed by atoms with van der Waals surface area (Å²) in [6, 6.07) is 10.4. The second kappa shape index (κ2) is 7.89. The minimum absolute atomic E-state index is 0.353. The maximum atomic E-state index is 13.3. The SMILES string of the molecule is COc1cccc(C(=O)NN(C(=O)c2ccc3c(c2)B(O)NC3)C(C)(C)C)c1C. The number of benzene rings is 2. The van der Waals surface area contributed by atoms with E-state index in [-0.39, 0.29) is 5.91 Å². The summed E-state index contributed by atoms with van der Waals surface area (Å²) in [7, 11) is 0.751. The van der Waals surface area contributed by atoms with Crippen LogP contribution in [0, 0.1) is 6.92 Å². The lowest BCUT2D eigenvalue weighted by atomic mass is 9.75. The zero-order valence-corrected chi connectivity index (χ0v) is 17.4. The van der Waals surface area contributed by atoms with Crippen LogP contribution in [0.25, 0.3) is 0 Å². The molecule has 3 rings (SSSR count). The summed E-state index contributed by atoms with van der Waals surface area (Å²) in [5, 5.41) is 14.3. The third kappa shape index (κ3) is 4.13. The summed E-state index contributed by atoms with van der Waals surface area (Å²) in [5.41, 5.74) is 5.23. The van der Waals surface area contributed by atoms with Gasteiger partial charge in [-0.3, -0.25) is 15.0 Å². The highest BCUT2D eigenvalue weighted by molar-refractivity contribution is 6.65. The fourth-order valence-corrected chi connectivity index (χ4v) is 3.36. The van der Waals surface area contributed by atoms with Gasteiger partial charge in [0.1, 0.15) is 5.75 Å². The molecule has 29 heavy (non-hydrogen) atoms. The van der Waals surface area contributed by atoms with E-state index >= 15 is 0 Å². The number of fused-ring (bicyclic) bond motifs is 1. The minimum atomic E-state index is -0.796. The number of amides is 2. The van der Waals surface area contributed by atoms with Crippen molar-refractivity contribution in [1.29, 1.82) is 0 Å². The number of carbonyl (C=O) groups is 2. The van der Waals surface area contributed by atoms with Gasteiger partial charge in [0.2, 0.25) is 0 Å². The monoisotopic (exact) mass is 395 g/mol. The van der Waals surface area contributed by atoms with Gasteiger partial charge in [-0.2, -0.15) is 0 Å². The van der Waals surface area contributed by atoms with Crippen LogP contribution in [0.2, 0.25) is 0 Å². The first kappa shape index (κ1) is 20.9. The van der Waals surface area contributed by atoms with Crippen molar-refractivity contribution < 1.29 is 19.3 Å². The highest BCUT2D eigenvalue weighted by Crippen LogP contribution is 2.22. The lowest BCUT2D eigenvalue weighted by Gasteiger charge is -2.35. The van der Waals surface area contributed by atoms with Crippen molar-refractivity contribution in [1.82, 2.24) is 15.7 Å². The Balaban J connectivity index is 1.90. The van der Waals surface area contributed by atoms with Crippen molar-refractivity contribution in [3.63, 3.8) is 0 Å². The van der Waals surface area contributed by atoms with Gasteiger partial charge >= 0.3 is 7.05 Å². The molecule has 0 unspecified atom stereocenters. The maximum absolute atomic E-state index is 13.3. The van der Waals surface area contributed by atoms with Crippen LogP contribution in [-0.2, 0) is 6.54 Å². The molecule has 152 valence electrons. The molecule has 2 aromatic rings. The molecule has 1 heterocycles. The molecule has 2 aromatic carbocycles. The molecule has 0 radical (unpaired) electrons. The summed E-state index contributed by atoms with van der Waals surface area (Å²) >= 11 is 0. The number of hydrazine groups is 1. The Morgan fingerprint density at radius 3 is 2.62 bits per heavy atom. The van der Waals surface area contributed by atoms with E-state index in [1.54, 1.807) is 44.4 Å². The fraction of sp³-hybridized carbons (Fsp3) is 0.333. The molecule has 8 heteroatoms. The second-order valence-corrected chi connectivity index (χ2v) is 8.08. The summed E-state index contributed by atoms with van der Waals surface area (Å²) in [6.07, 6.45) is 0. The summed E-state index contributed by atoms with van der Waals surface area (Å²) in [6.45, 7) is 7.87. The molecule has 3 N–H and O–H groups in total. The zero-order chi connectivity index (χ0) is 21.3. The molecule has 1 aliphatic rings. The Morgan fingerprint density at radius 1 is 1.24 bits per heavy atom. The standard InChI is InChI=1S/C21H26BN3O4/c1-13-16(7-6-8-18(13)29-5)19(26)24-25(21(2,3)4)20(27)14-9-10-15-12-23-22(28)17(15)11-14/h6-11,23,28H,12H2,1-5H3,(H,24,26). The van der Waals surface area contributed by atoms with Gasteiger partial charge in [0.25, 0.3) is 11.8 Å². The van der Waals surface area contributed by atoms with Crippen molar-refractivity contribution in [2.75, 3.05) is 7.11 Å². The van der Waals surface area contributed by atoms with Gasteiger partial charge in [-0.05, 0) is 56.9 Å². The van der Waals surface area contributed by atoms with Gasteiger partial charge < -0.3 is 15.0 Å². The first-order chi connectivity index (χ1) is 13.6. The summed E-state index contributed by atoms with van der Waals surface area (Å²) in [4.78, 5) is 26.2. The van der Waals surface area contributed by atoms with Gasteiger partial charge in [-0.15, -0.1) is 0 Å². The third-order valence-electron chi connectivity index (χ3n) is 5.01. The predicted octanol–water partition coefficient (Wildman–Crippen LogP) is 1.38. The molecular weight excluding hydrogens is 369 g/mol. The molecule has 0 saturated carbocycles. The number of methoxy groups -OCH3 is 1. The average Bonchev–Trinajstić information content (AvgIpc) is 3.05. The van der Waals surface area contributed by atoms with Crippen LogP contribution in [0.5, 0.6) is 5.75 Å². The van der Waals surface area contributed by atoms with Crippen LogP contribution >= 0.6 is 0 Å². The number of nitrogens with zero attached hydrogens (tertiary/aromatic N) is 1. The molecule has 2 amide bonds. The van der Waals surface area contributed by atoms with E-state index in [1.807, 2.05) is 26.8 Å². The molecule has 0 bridgehead atoms. The Kier molecular flexibility index (Phi) is 5.68. The van der Waals surface area contributed by atoms with Crippen LogP contribution in [0.1, 0.15) is 52.6 Å². The minimum Gasteiger partial charge on any atom is -0.496 e. The largest absolute Gasteiger partial charge is 0.496 e. The number of ether oxygens (including phenoxy) is 1. The van der Waals surface area contributed by atoms with Gasteiger partial charge in [-0.1, -0.05) is 18.2 Å². The van der Waals surface area contributed by atoms with Crippen LogP contribution in [0.15, 0.2) is 36.4 Å². The quantitative estimate of drug-likeness (QED) is 0.540. The van der Waals surface area contributed by atoms with Crippen LogP contribution < -0.4 is 20.9 Å². The van der Waals surface area contributed by atoms with Crippen molar-refractivity contribution >= 4 is 24.3 Å². The van der Waals surface area contributed by atoms with Gasteiger partial charge in [0, 0.05) is 23.2 Å². The van der Waals surface area contributed by atoms with E-state index in [4.69, 9.17) is 4.74 Å². The van der Waals surface area contributed by atoms with E-state index in [9.17, 15) is 14.6 Å². The topological polar surface area (TPSA) is 90.9 Å². The van der Waals surface area contributed by atoms with Crippen molar-refractivity contribution in [3.05, 3.63) is 58.7 Å². The Labute approximate surface area is 171 Å². The fourth-order valence-electron chi connectivity index (χ4n) is 3.36. The third-order valence-corrected chi connectivity index (χ3v) is 5.01. The van der Waals surface area contributed by atoms with Crippen molar-refractivity contribution in [3.8, 4) is 5.75 Å². The molecule has 0 atom stereocenters. The van der Waals surface area contributed by atoms with E-state index in [1.165, 1.54) is 5.01 Å². The maximum Gasteiger partial charge on any atom is 0.413 e. The van der Waals surface area contributed by atoms with E-state index in [2.05, 4.69) is 10.7 Å². The van der Waals surface area contributed by atoms with Gasteiger partial charge in [0.15, 0.2) is 0 Å². The van der Waals surface area contributed by atoms with Crippen molar-refractivity contribution in [2.45, 2.75) is 39.8 Å². The molecule has 7 nitrogen and oxygen atoms in total. The van der Waals surface area contributed by atoms with E-state index in [0.717, 1.165) is 5.56 Å². The predicted molar refractivity (Wildman–Crippen MR) is 112 cm³/mol. The van der Waals surface area contributed by atoms with Gasteiger partial charge in [0.05, 0.1) is 12.6 Å².